The molecule has 17 heavy (non-hydrogen) atoms. The molecular weight excluding hydrogens is 218 g/mol. The van der Waals surface area contributed by atoms with E-state index in [2.05, 4.69) is 20.1 Å². The van der Waals surface area contributed by atoms with Crippen LogP contribution in [0.5, 0.6) is 0 Å². The molecule has 0 amide bonds. The molecule has 0 radical (unpaired) electrons. The van der Waals surface area contributed by atoms with Crippen molar-refractivity contribution in [3.8, 4) is 0 Å². The smallest absolute Gasteiger partial charge is 0.138 e. The van der Waals surface area contributed by atoms with E-state index < -0.39 is 6.10 Å². The van der Waals surface area contributed by atoms with E-state index in [9.17, 15) is 5.11 Å². The number of aryl methyl sites for hydroxylation is 2. The molecule has 2 aromatic rings. The number of aliphatic hydroxyl groups excluding tert-OH is 1. The molecule has 0 spiro atoms. The van der Waals surface area contributed by atoms with Gasteiger partial charge in [-0.2, -0.15) is 5.10 Å². The van der Waals surface area contributed by atoms with E-state index in [1.54, 1.807) is 17.1 Å². The van der Waals surface area contributed by atoms with Crippen LogP contribution in [0, 0.1) is 6.92 Å². The van der Waals surface area contributed by atoms with E-state index in [1.807, 2.05) is 13.8 Å². The molecule has 0 aliphatic rings. The predicted molar refractivity (Wildman–Crippen MR) is 61.1 cm³/mol. The van der Waals surface area contributed by atoms with Gasteiger partial charge in [0, 0.05) is 19.2 Å². The highest BCUT2D eigenvalue weighted by Gasteiger charge is 2.14. The van der Waals surface area contributed by atoms with Crippen molar-refractivity contribution in [1.29, 1.82) is 0 Å². The Kier molecular flexibility index (Phi) is 3.43. The Hall–Kier alpha value is -1.82. The van der Waals surface area contributed by atoms with Crippen molar-refractivity contribution in [2.24, 2.45) is 0 Å². The minimum Gasteiger partial charge on any atom is -0.386 e. The topological polar surface area (TPSA) is 76.7 Å². The molecular formula is C11H15N5O. The van der Waals surface area contributed by atoms with Gasteiger partial charge in [-0.05, 0) is 13.8 Å². The summed E-state index contributed by atoms with van der Waals surface area (Å²) in [6.07, 6.45) is 4.42. The molecule has 90 valence electrons. The average molecular weight is 233 g/mol. The molecule has 6 nitrogen and oxygen atoms in total. The first kappa shape index (κ1) is 11.7. The summed E-state index contributed by atoms with van der Waals surface area (Å²) in [5.41, 5.74) is 1.39. The number of aromatic nitrogens is 5. The molecule has 0 fully saturated rings. The fourth-order valence-electron chi connectivity index (χ4n) is 1.56. The zero-order valence-corrected chi connectivity index (χ0v) is 9.91. The largest absolute Gasteiger partial charge is 0.386 e. The van der Waals surface area contributed by atoms with Crippen molar-refractivity contribution in [1.82, 2.24) is 24.7 Å². The Morgan fingerprint density at radius 3 is 2.76 bits per heavy atom. The SMILES string of the molecule is CCn1ncnc1CC(O)c1cnc(C)cn1. The van der Waals surface area contributed by atoms with Crippen LogP contribution in [-0.4, -0.2) is 29.8 Å². The zero-order valence-electron chi connectivity index (χ0n) is 9.91. The number of rotatable bonds is 4. The van der Waals surface area contributed by atoms with Crippen LogP contribution in [0.4, 0.5) is 0 Å². The molecule has 1 atom stereocenters. The van der Waals surface area contributed by atoms with Crippen molar-refractivity contribution in [3.63, 3.8) is 0 Å². The summed E-state index contributed by atoms with van der Waals surface area (Å²) in [6.45, 7) is 4.58. The van der Waals surface area contributed by atoms with Gasteiger partial charge in [-0.1, -0.05) is 0 Å². The molecule has 2 rings (SSSR count). The Labute approximate surface area is 99.4 Å². The van der Waals surface area contributed by atoms with Gasteiger partial charge in [0.1, 0.15) is 18.3 Å². The lowest BCUT2D eigenvalue weighted by molar-refractivity contribution is 0.168. The Bertz CT molecular complexity index is 479. The highest BCUT2D eigenvalue weighted by Crippen LogP contribution is 2.13. The van der Waals surface area contributed by atoms with E-state index in [0.29, 0.717) is 12.1 Å². The zero-order chi connectivity index (χ0) is 12.3. The number of hydrogen-bond acceptors (Lipinski definition) is 5. The number of hydrogen-bond donors (Lipinski definition) is 1. The maximum absolute atomic E-state index is 10.0. The summed E-state index contributed by atoms with van der Waals surface area (Å²) in [4.78, 5) is 12.4. The van der Waals surface area contributed by atoms with Crippen LogP contribution in [0.1, 0.15) is 30.2 Å². The molecule has 6 heteroatoms. The van der Waals surface area contributed by atoms with Gasteiger partial charge in [0.05, 0.1) is 17.6 Å². The quantitative estimate of drug-likeness (QED) is 0.840. The summed E-state index contributed by atoms with van der Waals surface area (Å²) in [7, 11) is 0. The Balaban J connectivity index is 2.11. The lowest BCUT2D eigenvalue weighted by atomic mass is 10.2. The molecule has 0 aliphatic heterocycles. The Morgan fingerprint density at radius 1 is 1.29 bits per heavy atom. The van der Waals surface area contributed by atoms with Crippen LogP contribution in [0.2, 0.25) is 0 Å². The standard InChI is InChI=1S/C11H15N5O/c1-3-16-11(14-7-15-16)4-10(17)9-6-12-8(2)5-13-9/h5-7,10,17H,3-4H2,1-2H3. The monoisotopic (exact) mass is 233 g/mol. The minimum absolute atomic E-state index is 0.394. The fraction of sp³-hybridized carbons (Fsp3) is 0.455. The highest BCUT2D eigenvalue weighted by atomic mass is 16.3. The maximum atomic E-state index is 10.0. The van der Waals surface area contributed by atoms with Crippen LogP contribution in [0.25, 0.3) is 0 Å². The van der Waals surface area contributed by atoms with Gasteiger partial charge in [0.25, 0.3) is 0 Å². The first-order chi connectivity index (χ1) is 8.20. The first-order valence-electron chi connectivity index (χ1n) is 5.54. The molecule has 0 saturated heterocycles. The maximum Gasteiger partial charge on any atom is 0.138 e. The summed E-state index contributed by atoms with van der Waals surface area (Å²) in [6, 6.07) is 0. The van der Waals surface area contributed by atoms with Crippen LogP contribution in [0.15, 0.2) is 18.7 Å². The number of aliphatic hydroxyl groups is 1. The van der Waals surface area contributed by atoms with Crippen LogP contribution in [-0.2, 0) is 13.0 Å². The second-order valence-electron chi connectivity index (χ2n) is 3.79. The third kappa shape index (κ3) is 2.65. The summed E-state index contributed by atoms with van der Waals surface area (Å²) in [5.74, 6) is 0.752. The third-order valence-electron chi connectivity index (χ3n) is 2.51. The third-order valence-corrected chi connectivity index (χ3v) is 2.51. The molecule has 0 saturated carbocycles. The molecule has 0 bridgehead atoms. The van der Waals surface area contributed by atoms with Crippen LogP contribution < -0.4 is 0 Å². The van der Waals surface area contributed by atoms with Gasteiger partial charge in [-0.15, -0.1) is 0 Å². The van der Waals surface area contributed by atoms with Crippen molar-refractivity contribution in [3.05, 3.63) is 35.9 Å². The second kappa shape index (κ2) is 5.01. The average Bonchev–Trinajstić information content (AvgIpc) is 2.77. The fourth-order valence-corrected chi connectivity index (χ4v) is 1.56. The van der Waals surface area contributed by atoms with Gasteiger partial charge < -0.3 is 5.11 Å². The molecule has 2 aromatic heterocycles. The Morgan fingerprint density at radius 2 is 2.12 bits per heavy atom. The van der Waals surface area contributed by atoms with Gasteiger partial charge in [-0.3, -0.25) is 14.6 Å². The molecule has 1 N–H and O–H groups in total. The molecule has 2 heterocycles. The van der Waals surface area contributed by atoms with Crippen molar-refractivity contribution < 1.29 is 5.11 Å². The predicted octanol–water partition coefficient (Wildman–Crippen LogP) is 0.673. The van der Waals surface area contributed by atoms with E-state index in [0.717, 1.165) is 18.1 Å². The van der Waals surface area contributed by atoms with Gasteiger partial charge in [0.15, 0.2) is 0 Å². The van der Waals surface area contributed by atoms with E-state index in [-0.39, 0.29) is 0 Å². The summed E-state index contributed by atoms with van der Waals surface area (Å²) < 4.78 is 1.75. The molecule has 0 aromatic carbocycles. The molecule has 0 aliphatic carbocycles. The van der Waals surface area contributed by atoms with E-state index >= 15 is 0 Å². The normalized spacial score (nSPS) is 12.6. The van der Waals surface area contributed by atoms with Gasteiger partial charge in [-0.25, -0.2) is 4.98 Å². The lowest BCUT2D eigenvalue weighted by Gasteiger charge is -2.09. The van der Waals surface area contributed by atoms with Crippen molar-refractivity contribution in [2.45, 2.75) is 32.9 Å². The van der Waals surface area contributed by atoms with Crippen molar-refractivity contribution >= 4 is 0 Å². The summed E-state index contributed by atoms with van der Waals surface area (Å²) in [5, 5.41) is 14.1. The number of nitrogens with zero attached hydrogens (tertiary/aromatic N) is 5. The first-order valence-corrected chi connectivity index (χ1v) is 5.54. The van der Waals surface area contributed by atoms with Crippen LogP contribution in [0.3, 0.4) is 0 Å². The summed E-state index contributed by atoms with van der Waals surface area (Å²) >= 11 is 0. The molecule has 1 unspecified atom stereocenters. The van der Waals surface area contributed by atoms with E-state index in [1.165, 1.54) is 6.33 Å². The van der Waals surface area contributed by atoms with Gasteiger partial charge >= 0.3 is 0 Å². The van der Waals surface area contributed by atoms with Gasteiger partial charge in [0.2, 0.25) is 0 Å². The van der Waals surface area contributed by atoms with Crippen molar-refractivity contribution in [2.75, 3.05) is 0 Å². The lowest BCUT2D eigenvalue weighted by Crippen LogP contribution is -2.11. The highest BCUT2D eigenvalue weighted by molar-refractivity contribution is 5.06. The van der Waals surface area contributed by atoms with E-state index in [4.69, 9.17) is 0 Å². The second-order valence-corrected chi connectivity index (χ2v) is 3.79. The minimum atomic E-state index is -0.697. The van der Waals surface area contributed by atoms with Crippen LogP contribution >= 0.6 is 0 Å².